The van der Waals surface area contributed by atoms with Crippen molar-refractivity contribution in [1.29, 1.82) is 0 Å². The number of ketones is 1. The van der Waals surface area contributed by atoms with E-state index >= 15 is 0 Å². The molecule has 1 saturated heterocycles. The van der Waals surface area contributed by atoms with Crippen LogP contribution >= 0.6 is 0 Å². The third-order valence-electron chi connectivity index (χ3n) is 11.0. The molecule has 1 saturated carbocycles. The highest BCUT2D eigenvalue weighted by molar-refractivity contribution is 5.89. The maximum atomic E-state index is 13.2. The number of aliphatic imine (C=N–C) groups is 1. The molecule has 2 bridgehead atoms. The molecule has 258 valence electrons. The van der Waals surface area contributed by atoms with Crippen LogP contribution in [0.2, 0.25) is 0 Å². The number of guanidine groups is 1. The minimum absolute atomic E-state index is 0.00720. The largest absolute Gasteiger partial charge is 0.493 e. The van der Waals surface area contributed by atoms with Crippen LogP contribution in [0.5, 0.6) is 17.2 Å². The molecule has 13 nitrogen and oxygen atoms in total. The van der Waals surface area contributed by atoms with Crippen LogP contribution < -0.4 is 36.7 Å². The van der Waals surface area contributed by atoms with Gasteiger partial charge in [-0.25, -0.2) is 4.79 Å². The molecule has 6 rings (SSSR count). The summed E-state index contributed by atoms with van der Waals surface area (Å²) in [5.74, 6) is 2.23. The summed E-state index contributed by atoms with van der Waals surface area (Å²) in [5.41, 5.74) is 19.9. The highest BCUT2D eigenvalue weighted by Crippen LogP contribution is 2.64. The van der Waals surface area contributed by atoms with E-state index in [0.29, 0.717) is 43.5 Å². The van der Waals surface area contributed by atoms with Gasteiger partial charge >= 0.3 is 6.09 Å². The first-order valence-electron chi connectivity index (χ1n) is 16.8. The average molecular weight is 663 g/mol. The third-order valence-corrected chi connectivity index (χ3v) is 11.0. The number of ether oxygens (including phenoxy) is 3. The van der Waals surface area contributed by atoms with Crippen LogP contribution in [0.4, 0.5) is 4.79 Å². The number of piperidine rings is 1. The van der Waals surface area contributed by atoms with E-state index in [2.05, 4.69) is 23.4 Å². The summed E-state index contributed by atoms with van der Waals surface area (Å²) in [7, 11) is 5.62. The number of Topliss-reactive ketones (excluding diaryl/α,β-unsaturated/α-hetero) is 1. The molecule has 4 aliphatic rings. The number of hydrogen-bond acceptors (Lipinski definition) is 8. The summed E-state index contributed by atoms with van der Waals surface area (Å²) >= 11 is 0. The fourth-order valence-corrected chi connectivity index (χ4v) is 8.62. The van der Waals surface area contributed by atoms with E-state index in [1.54, 1.807) is 14.2 Å². The lowest BCUT2D eigenvalue weighted by Crippen LogP contribution is -2.71. The first kappa shape index (κ1) is 33.5. The smallest absolute Gasteiger partial charge is 0.415 e. The Kier molecular flexibility index (Phi) is 9.27. The molecular formula is C35H48N7O6+. The molecule has 2 aromatic carbocycles. The Morgan fingerprint density at radius 1 is 1.21 bits per heavy atom. The van der Waals surface area contributed by atoms with Crippen molar-refractivity contribution in [2.75, 3.05) is 47.4 Å². The minimum atomic E-state index is -0.683. The number of carbonyl (C=O) groups is 3. The molecule has 6 atom stereocenters. The fraction of sp³-hybridized carbons (Fsp3) is 0.543. The predicted molar refractivity (Wildman–Crippen MR) is 180 cm³/mol. The van der Waals surface area contributed by atoms with Crippen LogP contribution in [0, 0.1) is 5.92 Å². The van der Waals surface area contributed by atoms with Crippen molar-refractivity contribution in [2.45, 2.75) is 68.7 Å². The number of nitrogens with one attached hydrogen (secondary N) is 1. The molecule has 2 fully saturated rings. The summed E-state index contributed by atoms with van der Waals surface area (Å²) in [6.07, 6.45) is 3.35. The van der Waals surface area contributed by atoms with Gasteiger partial charge < -0.3 is 46.1 Å². The summed E-state index contributed by atoms with van der Waals surface area (Å²) in [6, 6.07) is 11.5. The quantitative estimate of drug-likeness (QED) is 0.113. The first-order valence-corrected chi connectivity index (χ1v) is 16.8. The normalized spacial score (nSPS) is 26.8. The summed E-state index contributed by atoms with van der Waals surface area (Å²) in [4.78, 5) is 43.5. The zero-order valence-electron chi connectivity index (χ0n) is 28.1. The number of hydrogen-bond donors (Lipinski definition) is 4. The van der Waals surface area contributed by atoms with Crippen molar-refractivity contribution in [3.05, 3.63) is 53.1 Å². The van der Waals surface area contributed by atoms with E-state index in [1.165, 1.54) is 16.0 Å². The topological polar surface area (TPSA) is 185 Å². The lowest BCUT2D eigenvalue weighted by Gasteiger charge is -2.60. The van der Waals surface area contributed by atoms with E-state index in [1.807, 2.05) is 30.3 Å². The Morgan fingerprint density at radius 3 is 2.71 bits per heavy atom. The molecule has 2 heterocycles. The number of benzene rings is 2. The van der Waals surface area contributed by atoms with Crippen molar-refractivity contribution in [3.63, 3.8) is 0 Å². The molecular weight excluding hydrogens is 614 g/mol. The number of amides is 2. The van der Waals surface area contributed by atoms with Crippen molar-refractivity contribution in [1.82, 2.24) is 10.2 Å². The zero-order chi connectivity index (χ0) is 34.2. The summed E-state index contributed by atoms with van der Waals surface area (Å²) in [5, 5.41) is 2.75. The highest BCUT2D eigenvalue weighted by Gasteiger charge is 2.69. The van der Waals surface area contributed by atoms with Crippen LogP contribution in [0.15, 0.2) is 41.4 Å². The van der Waals surface area contributed by atoms with Crippen LogP contribution in [-0.2, 0) is 28.0 Å². The highest BCUT2D eigenvalue weighted by atomic mass is 16.6. The van der Waals surface area contributed by atoms with Crippen LogP contribution in [0.3, 0.4) is 0 Å². The minimum Gasteiger partial charge on any atom is -0.493 e. The molecule has 2 amide bonds. The van der Waals surface area contributed by atoms with Gasteiger partial charge in [0.2, 0.25) is 5.91 Å². The van der Waals surface area contributed by atoms with Gasteiger partial charge in [-0.1, -0.05) is 6.07 Å². The molecule has 48 heavy (non-hydrogen) atoms. The second-order valence-corrected chi connectivity index (χ2v) is 13.9. The zero-order valence-corrected chi connectivity index (χ0v) is 28.1. The van der Waals surface area contributed by atoms with E-state index in [9.17, 15) is 14.4 Å². The second-order valence-electron chi connectivity index (χ2n) is 13.9. The number of nitrogens with two attached hydrogens (primary N) is 3. The van der Waals surface area contributed by atoms with Gasteiger partial charge in [-0.15, -0.1) is 0 Å². The maximum Gasteiger partial charge on any atom is 0.415 e. The lowest BCUT2D eigenvalue weighted by molar-refractivity contribution is -0.957. The summed E-state index contributed by atoms with van der Waals surface area (Å²) in [6.45, 7) is 2.68. The maximum absolute atomic E-state index is 13.2. The SMILES string of the molecule is COc1ccc2c3c1OC1C(=O)CCC4C(C2)[N+](C)(Cc2ccc(OC(=O)N(C)CCNC(=O)[C@@H](N)CCCN=C(N)N)cc2)CCC314. The van der Waals surface area contributed by atoms with E-state index in [4.69, 9.17) is 31.4 Å². The second kappa shape index (κ2) is 13.3. The fourth-order valence-electron chi connectivity index (χ4n) is 8.62. The van der Waals surface area contributed by atoms with E-state index in [0.717, 1.165) is 53.9 Å². The number of rotatable bonds is 12. The molecule has 13 heteroatoms. The molecule has 5 unspecified atom stereocenters. The van der Waals surface area contributed by atoms with Crippen LogP contribution in [-0.4, -0.2) is 98.7 Å². The standard InChI is InChI=1S/C35H47N7O6/c1-41(17-16-39-32(44)25(36)5-4-15-40-33(37)38)34(45)47-23-9-6-21(7-10-23)20-42(2)18-14-35-24-11-12-27(43)31(35)48-30-28(46-3)13-8-22(29(30)35)19-26(24)42/h6-10,13,24-26,31H,4-5,11-12,14-20,36H2,1-3H3,(H4-,37,38,39,40,44)/p+1/t24?,25-,26?,31?,35?,42?/m0/s1. The monoisotopic (exact) mass is 662 g/mol. The third kappa shape index (κ3) is 6.05. The number of carbonyl (C=O) groups excluding carboxylic acids is 3. The number of methoxy groups -OCH3 is 1. The molecule has 2 aliphatic heterocycles. The molecule has 7 N–H and O–H groups in total. The Balaban J connectivity index is 1.04. The number of nitrogens with zero attached hydrogens (tertiary/aromatic N) is 3. The number of likely N-dealkylation sites (tertiary alicyclic amines) is 1. The van der Waals surface area contributed by atoms with Crippen LogP contribution in [0.25, 0.3) is 0 Å². The first-order chi connectivity index (χ1) is 23.0. The lowest BCUT2D eigenvalue weighted by atomic mass is 9.51. The Hall–Kier alpha value is -4.36. The van der Waals surface area contributed by atoms with Gasteiger partial charge in [-0.2, -0.15) is 0 Å². The number of quaternary nitrogens is 1. The summed E-state index contributed by atoms with van der Waals surface area (Å²) < 4.78 is 18.6. The van der Waals surface area contributed by atoms with Crippen molar-refractivity contribution in [3.8, 4) is 17.2 Å². The Morgan fingerprint density at radius 2 is 1.98 bits per heavy atom. The number of likely N-dealkylation sites (N-methyl/N-ethyl adjacent to an activating group) is 2. The van der Waals surface area contributed by atoms with Gasteiger partial charge in [0.1, 0.15) is 12.3 Å². The van der Waals surface area contributed by atoms with Crippen molar-refractivity contribution >= 4 is 23.7 Å². The van der Waals surface area contributed by atoms with Crippen molar-refractivity contribution < 1.29 is 33.1 Å². The predicted octanol–water partition coefficient (Wildman–Crippen LogP) is 1.58. The van der Waals surface area contributed by atoms with Gasteiger partial charge in [0.05, 0.1) is 38.2 Å². The van der Waals surface area contributed by atoms with E-state index in [-0.39, 0.29) is 36.2 Å². The van der Waals surface area contributed by atoms with Gasteiger partial charge in [0.25, 0.3) is 0 Å². The Labute approximate surface area is 281 Å². The van der Waals surface area contributed by atoms with Crippen molar-refractivity contribution in [2.24, 2.45) is 28.1 Å². The van der Waals surface area contributed by atoms with Gasteiger partial charge in [-0.05, 0) is 55.2 Å². The molecule has 0 aromatic heterocycles. The van der Waals surface area contributed by atoms with Crippen LogP contribution in [0.1, 0.15) is 48.8 Å². The molecule has 0 radical (unpaired) electrons. The van der Waals surface area contributed by atoms with Gasteiger partial charge in [-0.3, -0.25) is 14.6 Å². The van der Waals surface area contributed by atoms with E-state index < -0.39 is 18.2 Å². The van der Waals surface area contributed by atoms with Gasteiger partial charge in [0.15, 0.2) is 29.3 Å². The van der Waals surface area contributed by atoms with Gasteiger partial charge in [0, 0.05) is 63.0 Å². The molecule has 1 spiro atoms. The molecule has 2 aliphatic carbocycles. The average Bonchev–Trinajstić information content (AvgIpc) is 3.42. The Bertz CT molecular complexity index is 1590. The molecule has 2 aromatic rings.